The van der Waals surface area contributed by atoms with Crippen molar-refractivity contribution in [2.24, 2.45) is 5.92 Å². The topological polar surface area (TPSA) is 83.4 Å². The first-order valence-electron chi connectivity index (χ1n) is 8.38. The van der Waals surface area contributed by atoms with E-state index >= 15 is 0 Å². The van der Waals surface area contributed by atoms with Crippen LogP contribution in [0.4, 0.5) is 5.95 Å². The van der Waals surface area contributed by atoms with Crippen LogP contribution in [0, 0.1) is 5.92 Å². The molecule has 0 radical (unpaired) electrons. The highest BCUT2D eigenvalue weighted by Gasteiger charge is 2.38. The third-order valence-corrected chi connectivity index (χ3v) is 7.53. The summed E-state index contributed by atoms with van der Waals surface area (Å²) in [6.45, 7) is 1.59. The molecule has 24 heavy (non-hydrogen) atoms. The van der Waals surface area contributed by atoms with E-state index in [-0.39, 0.29) is 11.2 Å². The molecule has 1 N–H and O–H groups in total. The Bertz CT molecular complexity index is 1020. The average Bonchev–Trinajstić information content (AvgIpc) is 2.96. The smallest absolute Gasteiger partial charge is 0.210 e. The van der Waals surface area contributed by atoms with E-state index in [4.69, 9.17) is 0 Å². The van der Waals surface area contributed by atoms with Gasteiger partial charge in [0.2, 0.25) is 5.95 Å². The number of nitrogens with zero attached hydrogens (tertiary/aromatic N) is 4. The molecular weight excluding hydrogens is 326 g/mol. The molecule has 0 unspecified atom stereocenters. The fourth-order valence-corrected chi connectivity index (χ4v) is 5.78. The minimum Gasteiger partial charge on any atom is -0.345 e. The van der Waals surface area contributed by atoms with Crippen molar-refractivity contribution in [2.45, 2.75) is 24.5 Å². The van der Waals surface area contributed by atoms with Gasteiger partial charge in [0, 0.05) is 19.3 Å². The molecule has 126 valence electrons. The number of sulfone groups is 1. The van der Waals surface area contributed by atoms with Gasteiger partial charge in [-0.2, -0.15) is 0 Å². The second-order valence-corrected chi connectivity index (χ2v) is 9.24. The van der Waals surface area contributed by atoms with Crippen molar-refractivity contribution >= 4 is 32.5 Å². The molecule has 7 nitrogen and oxygen atoms in total. The van der Waals surface area contributed by atoms with Crippen LogP contribution in [-0.4, -0.2) is 51.9 Å². The number of aromatic nitrogens is 4. The van der Waals surface area contributed by atoms with Crippen molar-refractivity contribution in [1.29, 1.82) is 0 Å². The van der Waals surface area contributed by atoms with E-state index in [1.807, 2.05) is 18.5 Å². The Balaban J connectivity index is 1.45. The van der Waals surface area contributed by atoms with Crippen molar-refractivity contribution in [3.05, 3.63) is 24.7 Å². The molecule has 3 aromatic rings. The summed E-state index contributed by atoms with van der Waals surface area (Å²) in [7, 11) is -2.90. The van der Waals surface area contributed by atoms with Crippen LogP contribution in [0.25, 0.3) is 16.7 Å². The van der Waals surface area contributed by atoms with Gasteiger partial charge in [-0.25, -0.2) is 18.4 Å². The third-order valence-electron chi connectivity index (χ3n) is 5.11. The summed E-state index contributed by atoms with van der Waals surface area (Å²) in [5, 5.41) is -0.0654. The van der Waals surface area contributed by atoms with E-state index in [2.05, 4.69) is 24.3 Å². The van der Waals surface area contributed by atoms with Crippen molar-refractivity contribution in [2.75, 3.05) is 23.7 Å². The molecule has 0 bridgehead atoms. The Morgan fingerprint density at radius 3 is 2.88 bits per heavy atom. The zero-order valence-corrected chi connectivity index (χ0v) is 14.0. The van der Waals surface area contributed by atoms with Crippen molar-refractivity contribution < 1.29 is 8.42 Å². The Labute approximate surface area is 139 Å². The molecular formula is C16H19N5O2S. The summed E-state index contributed by atoms with van der Waals surface area (Å²) in [4.78, 5) is 14.3. The summed E-state index contributed by atoms with van der Waals surface area (Å²) in [5.41, 5.74) is 2.77. The SMILES string of the molecule is O=S(=O)(C[C@H]1CCN(c2ncc3cnc4[nH]ccc4n23)C1)C1CC1. The van der Waals surface area contributed by atoms with Crippen molar-refractivity contribution in [3.8, 4) is 0 Å². The van der Waals surface area contributed by atoms with E-state index in [0.29, 0.717) is 5.75 Å². The third kappa shape index (κ3) is 2.20. The molecule has 1 aliphatic carbocycles. The molecule has 1 saturated carbocycles. The summed E-state index contributed by atoms with van der Waals surface area (Å²) in [6, 6.07) is 1.99. The minimum atomic E-state index is -2.90. The highest BCUT2D eigenvalue weighted by atomic mass is 32.2. The number of rotatable bonds is 4. The van der Waals surface area contributed by atoms with E-state index in [1.165, 1.54) is 0 Å². The molecule has 5 rings (SSSR count). The van der Waals surface area contributed by atoms with Gasteiger partial charge in [-0.1, -0.05) is 0 Å². The minimum absolute atomic E-state index is 0.0654. The lowest BCUT2D eigenvalue weighted by atomic mass is 10.2. The van der Waals surface area contributed by atoms with Gasteiger partial charge in [-0.3, -0.25) is 4.40 Å². The zero-order valence-electron chi connectivity index (χ0n) is 13.2. The summed E-state index contributed by atoms with van der Waals surface area (Å²) >= 11 is 0. The normalized spacial score (nSPS) is 22.0. The Kier molecular flexibility index (Phi) is 2.94. The van der Waals surface area contributed by atoms with Crippen LogP contribution in [0.1, 0.15) is 19.3 Å². The predicted octanol–water partition coefficient (Wildman–Crippen LogP) is 1.61. The summed E-state index contributed by atoms with van der Waals surface area (Å²) in [5.74, 6) is 1.40. The molecule has 1 aliphatic heterocycles. The molecule has 2 aliphatic rings. The molecule has 4 heterocycles. The molecule has 0 spiro atoms. The maximum atomic E-state index is 12.2. The lowest BCUT2D eigenvalue weighted by Gasteiger charge is -2.17. The second kappa shape index (κ2) is 4.95. The van der Waals surface area contributed by atoms with Gasteiger partial charge in [-0.15, -0.1) is 0 Å². The van der Waals surface area contributed by atoms with E-state index in [9.17, 15) is 8.42 Å². The van der Waals surface area contributed by atoms with Crippen LogP contribution in [0.2, 0.25) is 0 Å². The van der Waals surface area contributed by atoms with Crippen LogP contribution >= 0.6 is 0 Å². The lowest BCUT2D eigenvalue weighted by Crippen LogP contribution is -2.25. The first-order chi connectivity index (χ1) is 11.6. The van der Waals surface area contributed by atoms with Crippen molar-refractivity contribution in [3.63, 3.8) is 0 Å². The molecule has 2 fully saturated rings. The zero-order chi connectivity index (χ0) is 16.3. The fraction of sp³-hybridized carbons (Fsp3) is 0.500. The van der Waals surface area contributed by atoms with E-state index < -0.39 is 9.84 Å². The standard InChI is InChI=1S/C16H19N5O2S/c22-24(23,13-1-2-13)10-11-4-6-20(9-11)16-19-8-12-7-18-15-14(21(12)16)3-5-17-15/h3,5,7-8,11,13,17H,1-2,4,6,9-10H2/t11-/m0/s1. The van der Waals surface area contributed by atoms with Gasteiger partial charge < -0.3 is 9.88 Å². The fourth-order valence-electron chi connectivity index (χ4n) is 3.72. The van der Waals surface area contributed by atoms with E-state index in [1.54, 1.807) is 6.20 Å². The predicted molar refractivity (Wildman–Crippen MR) is 92.0 cm³/mol. The number of aromatic amines is 1. The van der Waals surface area contributed by atoms with Crippen molar-refractivity contribution in [1.82, 2.24) is 19.4 Å². The van der Waals surface area contributed by atoms with Crippen LogP contribution in [0.5, 0.6) is 0 Å². The molecule has 0 amide bonds. The highest BCUT2D eigenvalue weighted by Crippen LogP contribution is 2.33. The van der Waals surface area contributed by atoms with Crippen LogP contribution in [0.15, 0.2) is 24.7 Å². The number of hydrogen-bond donors (Lipinski definition) is 1. The van der Waals surface area contributed by atoms with Crippen LogP contribution < -0.4 is 4.90 Å². The largest absolute Gasteiger partial charge is 0.345 e. The number of H-pyrrole nitrogens is 1. The Morgan fingerprint density at radius 2 is 2.04 bits per heavy atom. The maximum absolute atomic E-state index is 12.2. The second-order valence-electron chi connectivity index (χ2n) is 6.92. The number of hydrogen-bond acceptors (Lipinski definition) is 5. The number of fused-ring (bicyclic) bond motifs is 3. The van der Waals surface area contributed by atoms with Gasteiger partial charge in [0.1, 0.15) is 0 Å². The summed E-state index contributed by atoms with van der Waals surface area (Å²) in [6.07, 6.45) is 8.10. The van der Waals surface area contributed by atoms with Gasteiger partial charge in [0.05, 0.1) is 34.4 Å². The van der Waals surface area contributed by atoms with Gasteiger partial charge in [0.25, 0.3) is 0 Å². The lowest BCUT2D eigenvalue weighted by molar-refractivity contribution is 0.571. The number of imidazole rings is 1. The quantitative estimate of drug-likeness (QED) is 0.777. The van der Waals surface area contributed by atoms with Gasteiger partial charge >= 0.3 is 0 Å². The Morgan fingerprint density at radius 1 is 1.21 bits per heavy atom. The number of nitrogens with one attached hydrogen (secondary N) is 1. The highest BCUT2D eigenvalue weighted by molar-refractivity contribution is 7.92. The van der Waals surface area contributed by atoms with Gasteiger partial charge in [-0.05, 0) is 31.2 Å². The molecule has 1 atom stereocenters. The first-order valence-corrected chi connectivity index (χ1v) is 10.1. The maximum Gasteiger partial charge on any atom is 0.210 e. The van der Waals surface area contributed by atoms with E-state index in [0.717, 1.165) is 55.0 Å². The van der Waals surface area contributed by atoms with Gasteiger partial charge in [0.15, 0.2) is 15.5 Å². The molecule has 8 heteroatoms. The summed E-state index contributed by atoms with van der Waals surface area (Å²) < 4.78 is 26.6. The molecule has 3 aromatic heterocycles. The molecule has 1 saturated heterocycles. The monoisotopic (exact) mass is 345 g/mol. The van der Waals surface area contributed by atoms with Crippen LogP contribution in [0.3, 0.4) is 0 Å². The Hall–Kier alpha value is -2.09. The molecule has 0 aromatic carbocycles. The van der Waals surface area contributed by atoms with Crippen LogP contribution in [-0.2, 0) is 9.84 Å². The first kappa shape index (κ1) is 14.3. The number of anilines is 1. The average molecular weight is 345 g/mol.